The van der Waals surface area contributed by atoms with Crippen LogP contribution in [0.15, 0.2) is 45.6 Å². The van der Waals surface area contributed by atoms with Crippen molar-refractivity contribution < 1.29 is 9.15 Å². The number of aromatic nitrogens is 2. The van der Waals surface area contributed by atoms with Gasteiger partial charge in [-0.1, -0.05) is 18.2 Å². The molecule has 0 unspecified atom stereocenters. The minimum atomic E-state index is -0.425. The zero-order valence-corrected chi connectivity index (χ0v) is 11.1. The average Bonchev–Trinajstić information content (AvgIpc) is 2.48. The third-order valence-electron chi connectivity index (χ3n) is 3.08. The topological polar surface area (TPSA) is 65.2 Å². The third-order valence-corrected chi connectivity index (χ3v) is 3.08. The Bertz CT molecular complexity index is 823. The Morgan fingerprint density at radius 3 is 2.70 bits per heavy atom. The molecular weight excluding hydrogens is 256 g/mol. The van der Waals surface area contributed by atoms with E-state index in [2.05, 4.69) is 10.2 Å². The maximum absolute atomic E-state index is 12.1. The summed E-state index contributed by atoms with van der Waals surface area (Å²) < 4.78 is 10.3. The van der Waals surface area contributed by atoms with Crippen LogP contribution in [0.3, 0.4) is 0 Å². The van der Waals surface area contributed by atoms with Crippen molar-refractivity contribution in [2.75, 3.05) is 7.11 Å². The highest BCUT2D eigenvalue weighted by Crippen LogP contribution is 2.22. The summed E-state index contributed by atoms with van der Waals surface area (Å²) in [5, 5.41) is 8.69. The number of nitrogens with zero attached hydrogens (tertiary/aromatic N) is 2. The highest BCUT2D eigenvalue weighted by atomic mass is 16.5. The maximum atomic E-state index is 12.1. The SMILES string of the molecule is COc1ccc(-c2cc3cccc(C)c3oc2=O)nn1. The number of benzene rings is 1. The van der Waals surface area contributed by atoms with Gasteiger partial charge < -0.3 is 9.15 Å². The lowest BCUT2D eigenvalue weighted by atomic mass is 10.1. The van der Waals surface area contributed by atoms with Gasteiger partial charge in [-0.05, 0) is 24.6 Å². The molecule has 3 aromatic rings. The molecule has 0 aliphatic carbocycles. The molecule has 100 valence electrons. The zero-order valence-electron chi connectivity index (χ0n) is 11.1. The van der Waals surface area contributed by atoms with E-state index < -0.39 is 5.63 Å². The van der Waals surface area contributed by atoms with Gasteiger partial charge in [-0.2, -0.15) is 0 Å². The van der Waals surface area contributed by atoms with E-state index in [-0.39, 0.29) is 0 Å². The molecule has 5 heteroatoms. The molecule has 0 saturated carbocycles. The van der Waals surface area contributed by atoms with Gasteiger partial charge in [-0.25, -0.2) is 4.79 Å². The number of hydrogen-bond acceptors (Lipinski definition) is 5. The highest BCUT2D eigenvalue weighted by molar-refractivity contribution is 5.83. The van der Waals surface area contributed by atoms with Crippen LogP contribution in [-0.2, 0) is 0 Å². The van der Waals surface area contributed by atoms with E-state index in [1.807, 2.05) is 25.1 Å². The number of rotatable bonds is 2. The minimum Gasteiger partial charge on any atom is -0.480 e. The van der Waals surface area contributed by atoms with Crippen molar-refractivity contribution in [1.82, 2.24) is 10.2 Å². The fourth-order valence-electron chi connectivity index (χ4n) is 2.04. The highest BCUT2D eigenvalue weighted by Gasteiger charge is 2.10. The second-order valence-electron chi connectivity index (χ2n) is 4.40. The predicted molar refractivity (Wildman–Crippen MR) is 74.8 cm³/mol. The maximum Gasteiger partial charge on any atom is 0.345 e. The molecule has 0 amide bonds. The van der Waals surface area contributed by atoms with E-state index >= 15 is 0 Å². The first-order valence-corrected chi connectivity index (χ1v) is 6.10. The van der Waals surface area contributed by atoms with Crippen molar-refractivity contribution in [3.8, 4) is 17.1 Å². The summed E-state index contributed by atoms with van der Waals surface area (Å²) in [4.78, 5) is 12.1. The van der Waals surface area contributed by atoms with E-state index in [1.165, 1.54) is 7.11 Å². The van der Waals surface area contributed by atoms with Crippen LogP contribution in [0.25, 0.3) is 22.2 Å². The number of hydrogen-bond donors (Lipinski definition) is 0. The minimum absolute atomic E-state index is 0.387. The van der Waals surface area contributed by atoms with Crippen molar-refractivity contribution in [2.45, 2.75) is 6.92 Å². The Hall–Kier alpha value is -2.69. The van der Waals surface area contributed by atoms with E-state index in [4.69, 9.17) is 9.15 Å². The number of aryl methyl sites for hydroxylation is 1. The number of para-hydroxylation sites is 1. The molecule has 1 aromatic carbocycles. The van der Waals surface area contributed by atoms with Crippen LogP contribution in [0, 0.1) is 6.92 Å². The van der Waals surface area contributed by atoms with Gasteiger partial charge in [-0.3, -0.25) is 0 Å². The van der Waals surface area contributed by atoms with Gasteiger partial charge in [0.05, 0.1) is 12.7 Å². The summed E-state index contributed by atoms with van der Waals surface area (Å²) in [6.45, 7) is 1.90. The van der Waals surface area contributed by atoms with Crippen LogP contribution >= 0.6 is 0 Å². The Kier molecular flexibility index (Phi) is 2.95. The lowest BCUT2D eigenvalue weighted by molar-refractivity contribution is 0.392. The van der Waals surface area contributed by atoms with Crippen LogP contribution in [0.1, 0.15) is 5.56 Å². The first kappa shape index (κ1) is 12.3. The fourth-order valence-corrected chi connectivity index (χ4v) is 2.04. The van der Waals surface area contributed by atoms with Gasteiger partial charge in [0.25, 0.3) is 0 Å². The Morgan fingerprint density at radius 1 is 1.15 bits per heavy atom. The molecule has 0 atom stereocenters. The molecule has 0 N–H and O–H groups in total. The van der Waals surface area contributed by atoms with Gasteiger partial charge in [0.15, 0.2) is 0 Å². The zero-order chi connectivity index (χ0) is 14.1. The molecule has 0 radical (unpaired) electrons. The summed E-state index contributed by atoms with van der Waals surface area (Å²) >= 11 is 0. The van der Waals surface area contributed by atoms with Gasteiger partial charge in [0, 0.05) is 11.5 Å². The summed E-state index contributed by atoms with van der Waals surface area (Å²) in [5.74, 6) is 0.398. The van der Waals surface area contributed by atoms with Crippen LogP contribution in [-0.4, -0.2) is 17.3 Å². The molecule has 0 aliphatic rings. The van der Waals surface area contributed by atoms with Crippen LogP contribution in [0.5, 0.6) is 5.88 Å². The molecule has 3 rings (SSSR count). The average molecular weight is 268 g/mol. The van der Waals surface area contributed by atoms with Crippen LogP contribution in [0.4, 0.5) is 0 Å². The Balaban J connectivity index is 2.20. The monoisotopic (exact) mass is 268 g/mol. The lowest BCUT2D eigenvalue weighted by Crippen LogP contribution is -2.05. The van der Waals surface area contributed by atoms with Crippen LogP contribution in [0.2, 0.25) is 0 Å². The van der Waals surface area contributed by atoms with Crippen molar-refractivity contribution in [3.63, 3.8) is 0 Å². The molecular formula is C15H12N2O3. The Labute approximate surface area is 114 Å². The molecule has 0 aliphatic heterocycles. The lowest BCUT2D eigenvalue weighted by Gasteiger charge is -2.04. The molecule has 0 spiro atoms. The standard InChI is InChI=1S/C15H12N2O3/c1-9-4-3-5-10-8-11(15(18)20-14(9)10)12-6-7-13(19-2)17-16-12/h3-8H,1-2H3. The normalized spacial score (nSPS) is 10.7. The van der Waals surface area contributed by atoms with Gasteiger partial charge in [-0.15, -0.1) is 10.2 Å². The first-order chi connectivity index (χ1) is 9.69. The van der Waals surface area contributed by atoms with E-state index in [0.29, 0.717) is 22.7 Å². The largest absolute Gasteiger partial charge is 0.480 e. The quantitative estimate of drug-likeness (QED) is 0.668. The number of ether oxygens (including phenoxy) is 1. The van der Waals surface area contributed by atoms with Gasteiger partial charge in [0.2, 0.25) is 5.88 Å². The van der Waals surface area contributed by atoms with Crippen molar-refractivity contribution >= 4 is 11.0 Å². The summed E-state index contributed by atoms with van der Waals surface area (Å²) in [6, 6.07) is 10.8. The van der Waals surface area contributed by atoms with Crippen molar-refractivity contribution in [2.24, 2.45) is 0 Å². The van der Waals surface area contributed by atoms with Crippen molar-refractivity contribution in [1.29, 1.82) is 0 Å². The second kappa shape index (κ2) is 4.77. The fraction of sp³-hybridized carbons (Fsp3) is 0.133. The van der Waals surface area contributed by atoms with Gasteiger partial charge in [0.1, 0.15) is 11.3 Å². The van der Waals surface area contributed by atoms with Gasteiger partial charge >= 0.3 is 5.63 Å². The smallest absolute Gasteiger partial charge is 0.345 e. The predicted octanol–water partition coefficient (Wildman–Crippen LogP) is 2.57. The molecule has 2 heterocycles. The third kappa shape index (κ3) is 2.03. The second-order valence-corrected chi connectivity index (χ2v) is 4.40. The molecule has 20 heavy (non-hydrogen) atoms. The molecule has 2 aromatic heterocycles. The number of fused-ring (bicyclic) bond motifs is 1. The van der Waals surface area contributed by atoms with E-state index in [1.54, 1.807) is 18.2 Å². The Morgan fingerprint density at radius 2 is 2.00 bits per heavy atom. The van der Waals surface area contributed by atoms with Crippen molar-refractivity contribution in [3.05, 3.63) is 52.4 Å². The summed E-state index contributed by atoms with van der Waals surface area (Å²) in [6.07, 6.45) is 0. The molecule has 5 nitrogen and oxygen atoms in total. The van der Waals surface area contributed by atoms with Crippen LogP contribution < -0.4 is 10.4 Å². The molecule has 0 bridgehead atoms. The van der Waals surface area contributed by atoms with E-state index in [0.717, 1.165) is 10.9 Å². The molecule has 0 saturated heterocycles. The first-order valence-electron chi connectivity index (χ1n) is 6.10. The summed E-state index contributed by atoms with van der Waals surface area (Å²) in [7, 11) is 1.51. The van der Waals surface area contributed by atoms with E-state index in [9.17, 15) is 4.79 Å². The summed E-state index contributed by atoms with van der Waals surface area (Å²) in [5.41, 5.74) is 1.95. The molecule has 0 fully saturated rings. The number of methoxy groups -OCH3 is 1.